The molecule has 252 valence electrons. The van der Waals surface area contributed by atoms with Gasteiger partial charge in [0.1, 0.15) is 11.4 Å². The third kappa shape index (κ3) is 9.85. The van der Waals surface area contributed by atoms with E-state index in [2.05, 4.69) is 36.2 Å². The quantitative estimate of drug-likeness (QED) is 0.364. The van der Waals surface area contributed by atoms with Crippen LogP contribution in [0.5, 0.6) is 5.75 Å². The number of rotatable bonds is 9. The Hall–Kier alpha value is -3.79. The minimum atomic E-state index is -0.504. The summed E-state index contributed by atoms with van der Waals surface area (Å²) in [5.41, 5.74) is 3.83. The lowest BCUT2D eigenvalue weighted by atomic mass is 9.86. The summed E-state index contributed by atoms with van der Waals surface area (Å²) in [6.07, 6.45) is 3.23. The SMILES string of the molecule is CNC(=O)OCCc1cccc(OC2CCC(C(=O)N(C)c3ccc(CN4CCN(C(=O)OC(C)(C)C)[C@@H](C)C4)c(C)c3)CC2)c1. The molecule has 3 amide bonds. The first-order chi connectivity index (χ1) is 21.8. The van der Waals surface area contributed by atoms with E-state index >= 15 is 0 Å². The van der Waals surface area contributed by atoms with Crippen molar-refractivity contribution in [2.75, 3.05) is 45.2 Å². The van der Waals surface area contributed by atoms with Crippen LogP contribution < -0.4 is 15.0 Å². The van der Waals surface area contributed by atoms with Gasteiger partial charge in [0, 0.05) is 64.3 Å². The highest BCUT2D eigenvalue weighted by Gasteiger charge is 2.32. The van der Waals surface area contributed by atoms with Gasteiger partial charge < -0.3 is 29.3 Å². The van der Waals surface area contributed by atoms with Crippen molar-refractivity contribution in [2.45, 2.75) is 91.0 Å². The van der Waals surface area contributed by atoms with Crippen LogP contribution in [-0.4, -0.2) is 86.0 Å². The number of aryl methyl sites for hydroxylation is 1. The van der Waals surface area contributed by atoms with Gasteiger partial charge in [0.2, 0.25) is 5.91 Å². The van der Waals surface area contributed by atoms with Crippen LogP contribution in [-0.2, 0) is 27.2 Å². The van der Waals surface area contributed by atoms with Crippen molar-refractivity contribution >= 4 is 23.8 Å². The number of ether oxygens (including phenoxy) is 3. The monoisotopic (exact) mass is 636 g/mol. The molecule has 1 saturated carbocycles. The molecule has 2 aliphatic rings. The number of alkyl carbamates (subject to hydrolysis) is 1. The molecule has 10 heteroatoms. The van der Waals surface area contributed by atoms with Gasteiger partial charge in [0.05, 0.1) is 12.7 Å². The van der Waals surface area contributed by atoms with E-state index in [0.717, 1.165) is 67.9 Å². The lowest BCUT2D eigenvalue weighted by Gasteiger charge is -2.40. The number of nitrogens with one attached hydrogen (secondary N) is 1. The molecule has 0 spiro atoms. The third-order valence-electron chi connectivity index (χ3n) is 8.83. The summed E-state index contributed by atoms with van der Waals surface area (Å²) in [6, 6.07) is 14.2. The fraction of sp³-hybridized carbons (Fsp3) is 0.583. The predicted octanol–water partition coefficient (Wildman–Crippen LogP) is 5.94. The van der Waals surface area contributed by atoms with Crippen LogP contribution in [0, 0.1) is 12.8 Å². The molecule has 1 N–H and O–H groups in total. The molecule has 4 rings (SSSR count). The minimum absolute atomic E-state index is 0.0271. The van der Waals surface area contributed by atoms with Gasteiger partial charge in [-0.05, 0) is 101 Å². The second-order valence-electron chi connectivity index (χ2n) is 13.6. The van der Waals surface area contributed by atoms with Gasteiger partial charge in [-0.3, -0.25) is 9.69 Å². The summed E-state index contributed by atoms with van der Waals surface area (Å²) < 4.78 is 17.0. The van der Waals surface area contributed by atoms with E-state index in [1.54, 1.807) is 4.90 Å². The second-order valence-corrected chi connectivity index (χ2v) is 13.6. The Kier molecular flexibility index (Phi) is 11.9. The second kappa shape index (κ2) is 15.7. The van der Waals surface area contributed by atoms with Gasteiger partial charge in [0.15, 0.2) is 0 Å². The van der Waals surface area contributed by atoms with Crippen LogP contribution in [0.2, 0.25) is 0 Å². The Bertz CT molecular complexity index is 1350. The summed E-state index contributed by atoms with van der Waals surface area (Å²) in [5.74, 6) is 0.927. The normalized spacial score (nSPS) is 20.5. The van der Waals surface area contributed by atoms with Crippen molar-refractivity contribution in [3.63, 3.8) is 0 Å². The molecule has 46 heavy (non-hydrogen) atoms. The van der Waals surface area contributed by atoms with Crippen LogP contribution in [0.3, 0.4) is 0 Å². The molecule has 1 heterocycles. The number of piperazine rings is 1. The fourth-order valence-electron chi connectivity index (χ4n) is 6.20. The first-order valence-electron chi connectivity index (χ1n) is 16.5. The summed E-state index contributed by atoms with van der Waals surface area (Å²) in [7, 11) is 3.41. The molecule has 1 saturated heterocycles. The van der Waals surface area contributed by atoms with Crippen molar-refractivity contribution < 1.29 is 28.6 Å². The van der Waals surface area contributed by atoms with Gasteiger partial charge in [-0.25, -0.2) is 9.59 Å². The van der Waals surface area contributed by atoms with Gasteiger partial charge in [0.25, 0.3) is 0 Å². The standard InChI is InChI=1S/C36H52N4O6/c1-25-21-30(14-11-29(25)24-39-18-19-40(26(2)23-39)35(43)46-36(3,4)5)38(7)33(41)28-12-15-31(16-13-28)45-32-10-8-9-27(22-32)17-20-44-34(42)37-6/h8-11,14,21-22,26,28,31H,12-13,15-20,23-24H2,1-7H3,(H,37,42)/t26-,28?,31?/m0/s1. The van der Waals surface area contributed by atoms with Gasteiger partial charge in [-0.1, -0.05) is 18.2 Å². The zero-order valence-electron chi connectivity index (χ0n) is 28.6. The van der Waals surface area contributed by atoms with E-state index in [9.17, 15) is 14.4 Å². The first-order valence-corrected chi connectivity index (χ1v) is 16.5. The summed E-state index contributed by atoms with van der Waals surface area (Å²) in [4.78, 5) is 43.4. The van der Waals surface area contributed by atoms with Crippen LogP contribution in [0.1, 0.15) is 70.1 Å². The van der Waals surface area contributed by atoms with Crippen molar-refractivity contribution in [1.82, 2.24) is 15.1 Å². The van der Waals surface area contributed by atoms with Crippen molar-refractivity contribution in [3.05, 3.63) is 59.2 Å². The minimum Gasteiger partial charge on any atom is -0.490 e. The Morgan fingerprint density at radius 2 is 1.76 bits per heavy atom. The maximum atomic E-state index is 13.5. The van der Waals surface area contributed by atoms with Gasteiger partial charge in [-0.2, -0.15) is 0 Å². The maximum absolute atomic E-state index is 13.5. The summed E-state index contributed by atoms with van der Waals surface area (Å²) in [5, 5.41) is 2.45. The molecule has 0 bridgehead atoms. The molecule has 2 aromatic carbocycles. The van der Waals surface area contributed by atoms with E-state index in [1.807, 2.05) is 63.1 Å². The van der Waals surface area contributed by atoms with E-state index in [4.69, 9.17) is 14.2 Å². The number of hydrogen-bond acceptors (Lipinski definition) is 7. The number of amides is 3. The Morgan fingerprint density at radius 3 is 2.41 bits per heavy atom. The van der Waals surface area contributed by atoms with Crippen LogP contribution in [0.15, 0.2) is 42.5 Å². The smallest absolute Gasteiger partial charge is 0.410 e. The summed E-state index contributed by atoms with van der Waals surface area (Å²) >= 11 is 0. The largest absolute Gasteiger partial charge is 0.490 e. The number of benzene rings is 2. The van der Waals surface area contributed by atoms with Crippen molar-refractivity contribution in [3.8, 4) is 5.75 Å². The molecule has 1 aliphatic carbocycles. The molecule has 0 radical (unpaired) electrons. The number of carbonyl (C=O) groups excluding carboxylic acids is 3. The lowest BCUT2D eigenvalue weighted by molar-refractivity contribution is -0.123. The Labute approximate surface area is 274 Å². The molecule has 1 atom stereocenters. The number of carbonyl (C=O) groups is 3. The number of anilines is 1. The topological polar surface area (TPSA) is 101 Å². The maximum Gasteiger partial charge on any atom is 0.410 e. The summed E-state index contributed by atoms with van der Waals surface area (Å²) in [6.45, 7) is 13.2. The van der Waals surface area contributed by atoms with Crippen molar-refractivity contribution in [1.29, 1.82) is 0 Å². The number of hydrogen-bond donors (Lipinski definition) is 1. The van der Waals surface area contributed by atoms with E-state index in [-0.39, 0.29) is 30.1 Å². The van der Waals surface area contributed by atoms with Gasteiger partial charge in [-0.15, -0.1) is 0 Å². The van der Waals surface area contributed by atoms with Crippen LogP contribution >= 0.6 is 0 Å². The van der Waals surface area contributed by atoms with E-state index in [1.165, 1.54) is 12.6 Å². The van der Waals surface area contributed by atoms with Crippen molar-refractivity contribution in [2.24, 2.45) is 5.92 Å². The fourth-order valence-corrected chi connectivity index (χ4v) is 6.20. The molecular formula is C36H52N4O6. The Balaban J connectivity index is 1.24. The average molecular weight is 637 g/mol. The molecule has 0 unspecified atom stereocenters. The lowest BCUT2D eigenvalue weighted by Crippen LogP contribution is -2.54. The molecule has 0 aromatic heterocycles. The molecule has 10 nitrogen and oxygen atoms in total. The highest BCUT2D eigenvalue weighted by molar-refractivity contribution is 5.94. The Morgan fingerprint density at radius 1 is 1.02 bits per heavy atom. The van der Waals surface area contributed by atoms with E-state index in [0.29, 0.717) is 19.6 Å². The van der Waals surface area contributed by atoms with Crippen LogP contribution in [0.25, 0.3) is 0 Å². The molecular weight excluding hydrogens is 584 g/mol. The zero-order valence-corrected chi connectivity index (χ0v) is 28.6. The van der Waals surface area contributed by atoms with Crippen LogP contribution in [0.4, 0.5) is 15.3 Å². The molecule has 1 aliphatic heterocycles. The predicted molar refractivity (Wildman–Crippen MR) is 179 cm³/mol. The number of nitrogens with zero attached hydrogens (tertiary/aromatic N) is 3. The highest BCUT2D eigenvalue weighted by Crippen LogP contribution is 2.31. The highest BCUT2D eigenvalue weighted by atomic mass is 16.6. The molecule has 2 aromatic rings. The average Bonchev–Trinajstić information content (AvgIpc) is 3.01. The molecule has 2 fully saturated rings. The van der Waals surface area contributed by atoms with Gasteiger partial charge >= 0.3 is 12.2 Å². The third-order valence-corrected chi connectivity index (χ3v) is 8.83. The van der Waals surface area contributed by atoms with E-state index < -0.39 is 11.7 Å². The zero-order chi connectivity index (χ0) is 33.4. The first kappa shape index (κ1) is 35.1.